The Labute approximate surface area is 193 Å². The summed E-state index contributed by atoms with van der Waals surface area (Å²) in [4.78, 5) is 12.4. The Kier molecular flexibility index (Phi) is 7.78. The third-order valence-corrected chi connectivity index (χ3v) is 6.23. The van der Waals surface area contributed by atoms with E-state index in [0.29, 0.717) is 22.9 Å². The maximum Gasteiger partial charge on any atom is 0.261 e. The van der Waals surface area contributed by atoms with Crippen LogP contribution in [-0.2, 0) is 14.8 Å². The first-order valence-electron chi connectivity index (χ1n) is 10.1. The lowest BCUT2D eigenvalue weighted by Gasteiger charge is -2.17. The highest BCUT2D eigenvalue weighted by molar-refractivity contribution is 7.92. The molecule has 1 atom stereocenters. The van der Waals surface area contributed by atoms with E-state index in [2.05, 4.69) is 10.0 Å². The summed E-state index contributed by atoms with van der Waals surface area (Å²) in [6.45, 7) is 1.64. The van der Waals surface area contributed by atoms with Gasteiger partial charge in [0.2, 0.25) is 0 Å². The minimum absolute atomic E-state index is 0.0694. The number of nitrogens with one attached hydrogen (secondary N) is 2. The van der Waals surface area contributed by atoms with Gasteiger partial charge in [0.25, 0.3) is 15.9 Å². The van der Waals surface area contributed by atoms with Crippen molar-refractivity contribution in [3.05, 3.63) is 78.4 Å². The third-order valence-electron chi connectivity index (χ3n) is 4.83. The summed E-state index contributed by atoms with van der Waals surface area (Å²) < 4.78 is 43.6. The van der Waals surface area contributed by atoms with Crippen molar-refractivity contribution in [1.82, 2.24) is 5.32 Å². The van der Waals surface area contributed by atoms with E-state index < -0.39 is 10.0 Å². The van der Waals surface area contributed by atoms with Crippen molar-refractivity contribution in [2.24, 2.45) is 0 Å². The molecule has 2 N–H and O–H groups in total. The Hall–Kier alpha value is -3.72. The van der Waals surface area contributed by atoms with Gasteiger partial charge in [-0.3, -0.25) is 9.52 Å². The highest BCUT2D eigenvalue weighted by Gasteiger charge is 2.16. The van der Waals surface area contributed by atoms with Crippen LogP contribution in [0.25, 0.3) is 0 Å². The quantitative estimate of drug-likeness (QED) is 0.468. The summed E-state index contributed by atoms with van der Waals surface area (Å²) in [6, 6.07) is 19.5. The van der Waals surface area contributed by atoms with Crippen LogP contribution in [0.3, 0.4) is 0 Å². The average molecular weight is 471 g/mol. The zero-order valence-corrected chi connectivity index (χ0v) is 19.4. The first-order chi connectivity index (χ1) is 15.8. The number of rotatable bonds is 10. The van der Waals surface area contributed by atoms with Crippen molar-refractivity contribution < 1.29 is 27.4 Å². The molecule has 9 heteroatoms. The molecule has 0 heterocycles. The Morgan fingerprint density at radius 2 is 1.52 bits per heavy atom. The Balaban J connectivity index is 1.55. The van der Waals surface area contributed by atoms with E-state index in [1.165, 1.54) is 31.4 Å². The van der Waals surface area contributed by atoms with E-state index in [-0.39, 0.29) is 23.5 Å². The van der Waals surface area contributed by atoms with Gasteiger partial charge in [-0.2, -0.15) is 0 Å². The number of benzene rings is 3. The molecule has 0 aliphatic heterocycles. The van der Waals surface area contributed by atoms with Crippen LogP contribution in [0.1, 0.15) is 18.5 Å². The lowest BCUT2D eigenvalue weighted by Crippen LogP contribution is -2.31. The number of anilines is 1. The topological polar surface area (TPSA) is 103 Å². The van der Waals surface area contributed by atoms with Crippen molar-refractivity contribution in [2.45, 2.75) is 17.9 Å². The molecular weight excluding hydrogens is 444 g/mol. The number of hydrogen-bond acceptors (Lipinski definition) is 6. The fourth-order valence-electron chi connectivity index (χ4n) is 3.12. The highest BCUT2D eigenvalue weighted by atomic mass is 32.2. The molecule has 0 radical (unpaired) electrons. The molecule has 0 aliphatic carbocycles. The molecule has 8 nitrogen and oxygen atoms in total. The second kappa shape index (κ2) is 10.7. The van der Waals surface area contributed by atoms with Gasteiger partial charge in [-0.25, -0.2) is 8.42 Å². The molecule has 33 heavy (non-hydrogen) atoms. The summed E-state index contributed by atoms with van der Waals surface area (Å²) in [6.07, 6.45) is 0. The summed E-state index contributed by atoms with van der Waals surface area (Å²) in [7, 11) is -0.660. The molecule has 0 aliphatic rings. The van der Waals surface area contributed by atoms with Gasteiger partial charge in [0.1, 0.15) is 17.2 Å². The van der Waals surface area contributed by atoms with Crippen LogP contribution in [0.5, 0.6) is 17.2 Å². The number of hydrogen-bond donors (Lipinski definition) is 2. The Bertz CT molecular complexity index is 1180. The minimum atomic E-state index is -3.77. The van der Waals surface area contributed by atoms with Crippen molar-refractivity contribution in [3.8, 4) is 17.2 Å². The van der Waals surface area contributed by atoms with Crippen LogP contribution in [0, 0.1) is 0 Å². The maximum atomic E-state index is 12.6. The van der Waals surface area contributed by atoms with Gasteiger partial charge in [-0.1, -0.05) is 18.2 Å². The largest absolute Gasteiger partial charge is 0.497 e. The van der Waals surface area contributed by atoms with E-state index in [1.807, 2.05) is 31.2 Å². The second-order valence-corrected chi connectivity index (χ2v) is 8.81. The van der Waals surface area contributed by atoms with E-state index in [9.17, 15) is 13.2 Å². The van der Waals surface area contributed by atoms with E-state index in [0.717, 1.165) is 5.56 Å². The van der Waals surface area contributed by atoms with Crippen LogP contribution < -0.4 is 24.2 Å². The molecular formula is C24H26N2O6S. The summed E-state index contributed by atoms with van der Waals surface area (Å²) in [5.74, 6) is 1.37. The Morgan fingerprint density at radius 1 is 0.879 bits per heavy atom. The maximum absolute atomic E-state index is 12.6. The lowest BCUT2D eigenvalue weighted by molar-refractivity contribution is -0.123. The molecule has 0 spiro atoms. The summed E-state index contributed by atoms with van der Waals surface area (Å²) >= 11 is 0. The number of sulfonamides is 1. The van der Waals surface area contributed by atoms with Gasteiger partial charge in [0.05, 0.1) is 25.2 Å². The van der Waals surface area contributed by atoms with Gasteiger partial charge in [-0.05, 0) is 61.5 Å². The minimum Gasteiger partial charge on any atom is -0.497 e. The normalized spacial score (nSPS) is 11.8. The smallest absolute Gasteiger partial charge is 0.261 e. The van der Waals surface area contributed by atoms with Gasteiger partial charge in [0.15, 0.2) is 6.61 Å². The number of methoxy groups -OCH3 is 2. The fraction of sp³-hybridized carbons (Fsp3) is 0.208. The van der Waals surface area contributed by atoms with Crippen LogP contribution in [-0.4, -0.2) is 35.2 Å². The van der Waals surface area contributed by atoms with Crippen molar-refractivity contribution in [1.29, 1.82) is 0 Å². The molecule has 0 bridgehead atoms. The molecule has 3 aromatic rings. The van der Waals surface area contributed by atoms with Gasteiger partial charge in [0, 0.05) is 11.3 Å². The molecule has 0 unspecified atom stereocenters. The van der Waals surface area contributed by atoms with Crippen molar-refractivity contribution >= 4 is 21.6 Å². The molecule has 3 aromatic carbocycles. The van der Waals surface area contributed by atoms with E-state index in [1.54, 1.807) is 31.4 Å². The predicted octanol–water partition coefficient (Wildman–Crippen LogP) is 3.76. The molecule has 0 saturated carbocycles. The number of para-hydroxylation sites is 1. The second-order valence-electron chi connectivity index (χ2n) is 7.13. The van der Waals surface area contributed by atoms with E-state index >= 15 is 0 Å². The van der Waals surface area contributed by atoms with Gasteiger partial charge in [-0.15, -0.1) is 0 Å². The number of amides is 1. The first kappa shape index (κ1) is 23.9. The highest BCUT2D eigenvalue weighted by Crippen LogP contribution is 2.24. The van der Waals surface area contributed by atoms with Crippen LogP contribution in [0.4, 0.5) is 5.69 Å². The number of ether oxygens (including phenoxy) is 3. The SMILES string of the molecule is COc1ccc(NS(=O)(=O)c2ccc(OCC(=O)N[C@@H](C)c3ccccc3OC)cc2)cc1. The molecule has 174 valence electrons. The predicted molar refractivity (Wildman–Crippen MR) is 125 cm³/mol. The van der Waals surface area contributed by atoms with Crippen LogP contribution in [0.2, 0.25) is 0 Å². The lowest BCUT2D eigenvalue weighted by atomic mass is 10.1. The molecule has 1 amide bonds. The third kappa shape index (κ3) is 6.39. The summed E-state index contributed by atoms with van der Waals surface area (Å²) in [5, 5.41) is 2.85. The standard InChI is InChI=1S/C24H26N2O6S/c1-17(22-6-4-5-7-23(22)31-3)25-24(27)16-32-20-12-14-21(15-13-20)33(28,29)26-18-8-10-19(30-2)11-9-18/h4-15,17,26H,16H2,1-3H3,(H,25,27)/t17-/m0/s1. The molecule has 0 aromatic heterocycles. The van der Waals surface area contributed by atoms with E-state index in [4.69, 9.17) is 14.2 Å². The average Bonchev–Trinajstić information content (AvgIpc) is 2.83. The first-order valence-corrected chi connectivity index (χ1v) is 11.6. The monoisotopic (exact) mass is 470 g/mol. The van der Waals surface area contributed by atoms with Crippen LogP contribution >= 0.6 is 0 Å². The van der Waals surface area contributed by atoms with Crippen LogP contribution in [0.15, 0.2) is 77.7 Å². The van der Waals surface area contributed by atoms with Crippen molar-refractivity contribution in [3.63, 3.8) is 0 Å². The van der Waals surface area contributed by atoms with Crippen molar-refractivity contribution in [2.75, 3.05) is 25.5 Å². The number of carbonyl (C=O) groups is 1. The molecule has 0 saturated heterocycles. The summed E-state index contributed by atoms with van der Waals surface area (Å²) in [5.41, 5.74) is 1.27. The number of carbonyl (C=O) groups excluding carboxylic acids is 1. The molecule has 3 rings (SSSR count). The van der Waals surface area contributed by atoms with Gasteiger partial charge < -0.3 is 19.5 Å². The zero-order chi connectivity index (χ0) is 23.8. The Morgan fingerprint density at radius 3 is 2.15 bits per heavy atom. The van der Waals surface area contributed by atoms with Gasteiger partial charge >= 0.3 is 0 Å². The fourth-order valence-corrected chi connectivity index (χ4v) is 4.18. The zero-order valence-electron chi connectivity index (χ0n) is 18.6. The molecule has 0 fully saturated rings.